The van der Waals surface area contributed by atoms with Crippen LogP contribution in [0.5, 0.6) is 5.75 Å². The summed E-state index contributed by atoms with van der Waals surface area (Å²) in [5.41, 5.74) is 1.07. The summed E-state index contributed by atoms with van der Waals surface area (Å²) in [4.78, 5) is 4.23. The summed E-state index contributed by atoms with van der Waals surface area (Å²) in [7, 11) is -2.38. The predicted molar refractivity (Wildman–Crippen MR) is 116 cm³/mol. The van der Waals surface area contributed by atoms with Gasteiger partial charge in [-0.1, -0.05) is 17.7 Å². The van der Waals surface area contributed by atoms with Gasteiger partial charge in [0.2, 0.25) is 10.0 Å². The first kappa shape index (κ1) is 21.8. The van der Waals surface area contributed by atoms with Crippen molar-refractivity contribution in [3.05, 3.63) is 59.2 Å². The second-order valence-corrected chi connectivity index (χ2v) is 8.44. The lowest BCUT2D eigenvalue weighted by Gasteiger charge is -2.11. The van der Waals surface area contributed by atoms with Crippen LogP contribution in [-0.2, 0) is 10.0 Å². The van der Waals surface area contributed by atoms with Gasteiger partial charge in [0.15, 0.2) is 5.82 Å². The van der Waals surface area contributed by atoms with Crippen LogP contribution in [0.2, 0.25) is 5.02 Å². The third kappa shape index (κ3) is 5.78. The maximum atomic E-state index is 12.5. The van der Waals surface area contributed by atoms with Crippen LogP contribution >= 0.6 is 11.6 Å². The molecule has 1 aromatic carbocycles. The number of anilines is 3. The van der Waals surface area contributed by atoms with Crippen LogP contribution in [-0.4, -0.2) is 43.8 Å². The summed E-state index contributed by atoms with van der Waals surface area (Å²) < 4.78 is 32.6. The van der Waals surface area contributed by atoms with Gasteiger partial charge in [-0.15, -0.1) is 10.2 Å². The van der Waals surface area contributed by atoms with E-state index in [-0.39, 0.29) is 17.2 Å². The molecule has 2 aromatic heterocycles. The van der Waals surface area contributed by atoms with Crippen molar-refractivity contribution < 1.29 is 13.2 Å². The SMILES string of the molecule is COc1ccc(Cl)cc1S(=O)(=O)NCCNc1ccc(Nc2ccc(C)cn2)nn1. The molecule has 0 saturated heterocycles. The minimum absolute atomic E-state index is 0.0163. The summed E-state index contributed by atoms with van der Waals surface area (Å²) in [5.74, 6) is 1.95. The van der Waals surface area contributed by atoms with Crippen LogP contribution in [0.1, 0.15) is 5.56 Å². The highest BCUT2D eigenvalue weighted by Crippen LogP contribution is 2.26. The van der Waals surface area contributed by atoms with Gasteiger partial charge in [-0.3, -0.25) is 0 Å². The normalized spacial score (nSPS) is 11.2. The lowest BCUT2D eigenvalue weighted by Crippen LogP contribution is -2.29. The predicted octanol–water partition coefficient (Wildman–Crippen LogP) is 2.98. The fraction of sp³-hybridized carbons (Fsp3) is 0.211. The van der Waals surface area contributed by atoms with Gasteiger partial charge in [-0.25, -0.2) is 18.1 Å². The molecule has 0 atom stereocenters. The van der Waals surface area contributed by atoms with Gasteiger partial charge in [-0.05, 0) is 48.9 Å². The van der Waals surface area contributed by atoms with Crippen molar-refractivity contribution in [2.75, 3.05) is 30.8 Å². The molecule has 11 heteroatoms. The van der Waals surface area contributed by atoms with Gasteiger partial charge < -0.3 is 15.4 Å². The van der Waals surface area contributed by atoms with E-state index in [0.717, 1.165) is 5.56 Å². The number of halogens is 1. The number of aromatic nitrogens is 3. The average molecular weight is 449 g/mol. The van der Waals surface area contributed by atoms with Crippen LogP contribution in [0.3, 0.4) is 0 Å². The zero-order chi connectivity index (χ0) is 21.6. The molecule has 0 bridgehead atoms. The molecule has 3 N–H and O–H groups in total. The van der Waals surface area contributed by atoms with E-state index in [0.29, 0.717) is 29.0 Å². The third-order valence-electron chi connectivity index (χ3n) is 3.97. The standard InChI is InChI=1S/C19H21ClN6O3S/c1-13-3-6-17(22-12-13)24-19-8-7-18(25-26-19)21-9-10-23-30(27,28)16-11-14(20)4-5-15(16)29-2/h3-8,11-12,23H,9-10H2,1-2H3,(H,21,25)(H,22,24,26). The first-order valence-electron chi connectivity index (χ1n) is 8.98. The summed E-state index contributed by atoms with van der Waals surface area (Å²) in [6.45, 7) is 2.40. The molecule has 0 fully saturated rings. The van der Waals surface area contributed by atoms with E-state index < -0.39 is 10.0 Å². The maximum Gasteiger partial charge on any atom is 0.244 e. The number of rotatable bonds is 9. The molecule has 3 rings (SSSR count). The van der Waals surface area contributed by atoms with E-state index in [2.05, 4.69) is 30.5 Å². The highest BCUT2D eigenvalue weighted by atomic mass is 35.5. The lowest BCUT2D eigenvalue weighted by atomic mass is 10.3. The molecule has 0 aliphatic heterocycles. The molecular formula is C19H21ClN6O3S. The summed E-state index contributed by atoms with van der Waals surface area (Å²) in [6.07, 6.45) is 1.76. The van der Waals surface area contributed by atoms with Gasteiger partial charge in [0, 0.05) is 24.3 Å². The van der Waals surface area contributed by atoms with Crippen LogP contribution in [0.4, 0.5) is 17.5 Å². The first-order valence-corrected chi connectivity index (χ1v) is 10.8. The molecule has 9 nitrogen and oxygen atoms in total. The Morgan fingerprint density at radius 2 is 1.73 bits per heavy atom. The number of sulfonamides is 1. The van der Waals surface area contributed by atoms with Crippen molar-refractivity contribution in [3.63, 3.8) is 0 Å². The Kier molecular flexibility index (Phi) is 7.03. The van der Waals surface area contributed by atoms with Gasteiger partial charge in [0.1, 0.15) is 22.3 Å². The second kappa shape index (κ2) is 9.70. The lowest BCUT2D eigenvalue weighted by molar-refractivity contribution is 0.402. The van der Waals surface area contributed by atoms with Crippen molar-refractivity contribution in [1.82, 2.24) is 19.9 Å². The number of pyridine rings is 1. The highest BCUT2D eigenvalue weighted by molar-refractivity contribution is 7.89. The zero-order valence-corrected chi connectivity index (χ0v) is 18.0. The van der Waals surface area contributed by atoms with E-state index in [1.165, 1.54) is 19.2 Å². The number of aryl methyl sites for hydroxylation is 1. The van der Waals surface area contributed by atoms with E-state index in [1.54, 1.807) is 24.4 Å². The second-order valence-electron chi connectivity index (χ2n) is 6.27. The van der Waals surface area contributed by atoms with E-state index >= 15 is 0 Å². The third-order valence-corrected chi connectivity index (χ3v) is 5.69. The van der Waals surface area contributed by atoms with Crippen molar-refractivity contribution in [1.29, 1.82) is 0 Å². The van der Waals surface area contributed by atoms with Crippen LogP contribution in [0, 0.1) is 6.92 Å². The molecule has 0 unspecified atom stereocenters. The van der Waals surface area contributed by atoms with Crippen LogP contribution < -0.4 is 20.1 Å². The van der Waals surface area contributed by atoms with Gasteiger partial charge >= 0.3 is 0 Å². The van der Waals surface area contributed by atoms with E-state index in [9.17, 15) is 8.42 Å². The Morgan fingerprint density at radius 3 is 2.40 bits per heavy atom. The first-order chi connectivity index (χ1) is 14.4. The molecule has 2 heterocycles. The fourth-order valence-electron chi connectivity index (χ4n) is 2.48. The molecule has 0 radical (unpaired) electrons. The number of nitrogens with one attached hydrogen (secondary N) is 3. The van der Waals surface area contributed by atoms with Crippen molar-refractivity contribution in [2.45, 2.75) is 11.8 Å². The number of methoxy groups -OCH3 is 1. The molecular weight excluding hydrogens is 428 g/mol. The number of hydrogen-bond acceptors (Lipinski definition) is 8. The molecule has 3 aromatic rings. The van der Waals surface area contributed by atoms with Crippen molar-refractivity contribution >= 4 is 39.1 Å². The number of benzene rings is 1. The van der Waals surface area contributed by atoms with Gasteiger partial charge in [0.25, 0.3) is 0 Å². The number of hydrogen-bond donors (Lipinski definition) is 3. The van der Waals surface area contributed by atoms with Crippen molar-refractivity contribution in [3.8, 4) is 5.75 Å². The van der Waals surface area contributed by atoms with Crippen LogP contribution in [0.15, 0.2) is 53.6 Å². The Balaban J connectivity index is 1.51. The number of nitrogens with zero attached hydrogens (tertiary/aromatic N) is 3. The Hall–Kier alpha value is -2.95. The topological polar surface area (TPSA) is 118 Å². The largest absolute Gasteiger partial charge is 0.495 e. The van der Waals surface area contributed by atoms with E-state index in [1.807, 2.05) is 19.1 Å². The molecule has 158 valence electrons. The Labute approximate surface area is 179 Å². The molecule has 30 heavy (non-hydrogen) atoms. The molecule has 0 aliphatic rings. The maximum absolute atomic E-state index is 12.5. The highest BCUT2D eigenvalue weighted by Gasteiger charge is 2.19. The van der Waals surface area contributed by atoms with Gasteiger partial charge in [-0.2, -0.15) is 0 Å². The minimum atomic E-state index is -3.78. The minimum Gasteiger partial charge on any atom is -0.495 e. The summed E-state index contributed by atoms with van der Waals surface area (Å²) >= 11 is 5.91. The number of ether oxygens (including phenoxy) is 1. The molecule has 0 aliphatic carbocycles. The Bertz CT molecular complexity index is 1090. The quantitative estimate of drug-likeness (QED) is 0.427. The molecule has 0 spiro atoms. The molecule has 0 amide bonds. The summed E-state index contributed by atoms with van der Waals surface area (Å²) in [6, 6.07) is 11.7. The Morgan fingerprint density at radius 1 is 1.00 bits per heavy atom. The smallest absolute Gasteiger partial charge is 0.244 e. The van der Waals surface area contributed by atoms with Crippen LogP contribution in [0.25, 0.3) is 0 Å². The molecule has 0 saturated carbocycles. The van der Waals surface area contributed by atoms with E-state index in [4.69, 9.17) is 16.3 Å². The monoisotopic (exact) mass is 448 g/mol. The van der Waals surface area contributed by atoms with Crippen molar-refractivity contribution in [2.24, 2.45) is 0 Å². The zero-order valence-electron chi connectivity index (χ0n) is 16.4. The average Bonchev–Trinajstić information content (AvgIpc) is 2.74. The van der Waals surface area contributed by atoms with Gasteiger partial charge in [0.05, 0.1) is 7.11 Å². The fourth-order valence-corrected chi connectivity index (χ4v) is 3.94. The summed E-state index contributed by atoms with van der Waals surface area (Å²) in [5, 5.41) is 14.5.